The Morgan fingerprint density at radius 2 is 2.10 bits per heavy atom. The average molecular weight is 282 g/mol. The van der Waals surface area contributed by atoms with Gasteiger partial charge in [0.15, 0.2) is 11.0 Å². The number of hydrogen-bond acceptors (Lipinski definition) is 4. The van der Waals surface area contributed by atoms with Crippen LogP contribution in [0.4, 0.5) is 5.82 Å². The van der Waals surface area contributed by atoms with Gasteiger partial charge in [-0.3, -0.25) is 4.98 Å². The van der Waals surface area contributed by atoms with Crippen LogP contribution >= 0.6 is 11.8 Å². The van der Waals surface area contributed by atoms with Gasteiger partial charge in [0.2, 0.25) is 0 Å². The highest BCUT2D eigenvalue weighted by molar-refractivity contribution is 8.14. The minimum absolute atomic E-state index is 0.560. The van der Waals surface area contributed by atoms with E-state index in [9.17, 15) is 0 Å². The summed E-state index contributed by atoms with van der Waals surface area (Å²) in [5, 5.41) is 1.07. The molecule has 4 rings (SSSR count). The molecule has 4 nitrogen and oxygen atoms in total. The standard InChI is InChI=1S/C15H14N4S/c1-2-4-12-9-19-13(7-11(12)3-1)10-20-15(19)18-14-8-16-5-6-17-14/h1-6,8,13H,7,9-10H2. The van der Waals surface area contributed by atoms with Crippen molar-refractivity contribution in [2.45, 2.75) is 19.0 Å². The van der Waals surface area contributed by atoms with Gasteiger partial charge in [0.1, 0.15) is 0 Å². The van der Waals surface area contributed by atoms with Crippen molar-refractivity contribution in [2.75, 3.05) is 5.75 Å². The maximum Gasteiger partial charge on any atom is 0.173 e. The van der Waals surface area contributed by atoms with Gasteiger partial charge in [-0.25, -0.2) is 9.98 Å². The first-order valence-electron chi connectivity index (χ1n) is 6.71. The van der Waals surface area contributed by atoms with E-state index in [0.717, 1.165) is 23.9 Å². The Morgan fingerprint density at radius 3 is 2.95 bits per heavy atom. The molecule has 5 heteroatoms. The number of benzene rings is 1. The molecule has 0 N–H and O–H groups in total. The molecule has 3 heterocycles. The highest BCUT2D eigenvalue weighted by Gasteiger charge is 2.34. The van der Waals surface area contributed by atoms with Gasteiger partial charge in [-0.2, -0.15) is 0 Å². The molecule has 1 saturated heterocycles. The molecule has 0 radical (unpaired) electrons. The molecule has 100 valence electrons. The Kier molecular flexibility index (Phi) is 2.92. The SMILES string of the molecule is c1ccc2c(c1)CC1CSC(=Nc3cnccn3)N1C2. The molecule has 1 aromatic heterocycles. The second kappa shape index (κ2) is 4.90. The summed E-state index contributed by atoms with van der Waals surface area (Å²) in [5.41, 5.74) is 2.90. The molecule has 1 atom stereocenters. The van der Waals surface area contributed by atoms with Crippen molar-refractivity contribution in [1.29, 1.82) is 0 Å². The molecule has 2 aliphatic rings. The van der Waals surface area contributed by atoms with E-state index in [-0.39, 0.29) is 0 Å². The lowest BCUT2D eigenvalue weighted by molar-refractivity contribution is 0.320. The van der Waals surface area contributed by atoms with Crippen molar-refractivity contribution >= 4 is 22.7 Å². The fraction of sp³-hybridized carbons (Fsp3) is 0.267. The number of amidine groups is 1. The number of rotatable bonds is 1. The summed E-state index contributed by atoms with van der Waals surface area (Å²) in [6.07, 6.45) is 6.18. The maximum atomic E-state index is 4.65. The summed E-state index contributed by atoms with van der Waals surface area (Å²) in [4.78, 5) is 15.4. The number of fused-ring (bicyclic) bond motifs is 2. The lowest BCUT2D eigenvalue weighted by Crippen LogP contribution is -2.38. The molecule has 0 bridgehead atoms. The smallest absolute Gasteiger partial charge is 0.173 e. The third-order valence-corrected chi connectivity index (χ3v) is 4.90. The quantitative estimate of drug-likeness (QED) is 0.806. The zero-order valence-electron chi connectivity index (χ0n) is 10.9. The van der Waals surface area contributed by atoms with Crippen molar-refractivity contribution < 1.29 is 0 Å². The highest BCUT2D eigenvalue weighted by Crippen LogP contribution is 2.34. The van der Waals surface area contributed by atoms with Crippen molar-refractivity contribution in [3.63, 3.8) is 0 Å². The summed E-state index contributed by atoms with van der Waals surface area (Å²) >= 11 is 1.82. The van der Waals surface area contributed by atoms with Crippen LogP contribution in [-0.4, -0.2) is 31.8 Å². The van der Waals surface area contributed by atoms with Gasteiger partial charge in [-0.1, -0.05) is 36.0 Å². The molecule has 20 heavy (non-hydrogen) atoms. The molecule has 0 saturated carbocycles. The number of aliphatic imine (C=N–C) groups is 1. The normalized spacial score (nSPS) is 22.7. The van der Waals surface area contributed by atoms with Gasteiger partial charge >= 0.3 is 0 Å². The molecule has 1 aromatic carbocycles. The molecular formula is C15H14N4S. The number of aromatic nitrogens is 2. The molecule has 1 unspecified atom stereocenters. The minimum Gasteiger partial charge on any atom is -0.343 e. The van der Waals surface area contributed by atoms with Crippen LogP contribution in [0.25, 0.3) is 0 Å². The van der Waals surface area contributed by atoms with E-state index in [1.807, 2.05) is 11.8 Å². The lowest BCUT2D eigenvalue weighted by atomic mass is 9.95. The number of hydrogen-bond donors (Lipinski definition) is 0. The van der Waals surface area contributed by atoms with Crippen LogP contribution in [-0.2, 0) is 13.0 Å². The van der Waals surface area contributed by atoms with Gasteiger partial charge < -0.3 is 4.90 Å². The number of nitrogens with zero attached hydrogens (tertiary/aromatic N) is 4. The van der Waals surface area contributed by atoms with Gasteiger partial charge in [-0.05, 0) is 17.5 Å². The zero-order chi connectivity index (χ0) is 13.4. The fourth-order valence-electron chi connectivity index (χ4n) is 2.76. The molecular weight excluding hydrogens is 268 g/mol. The van der Waals surface area contributed by atoms with E-state index in [1.54, 1.807) is 18.6 Å². The summed E-state index contributed by atoms with van der Waals surface area (Å²) in [5.74, 6) is 1.79. The van der Waals surface area contributed by atoms with E-state index in [2.05, 4.69) is 44.1 Å². The molecule has 0 aliphatic carbocycles. The van der Waals surface area contributed by atoms with Crippen LogP contribution in [0.2, 0.25) is 0 Å². The third kappa shape index (κ3) is 2.08. The van der Waals surface area contributed by atoms with Crippen LogP contribution in [0.15, 0.2) is 47.8 Å². The van der Waals surface area contributed by atoms with Crippen molar-refractivity contribution in [3.8, 4) is 0 Å². The van der Waals surface area contributed by atoms with Crippen molar-refractivity contribution in [1.82, 2.24) is 14.9 Å². The van der Waals surface area contributed by atoms with Crippen molar-refractivity contribution in [2.24, 2.45) is 4.99 Å². The molecule has 2 aliphatic heterocycles. The van der Waals surface area contributed by atoms with Crippen molar-refractivity contribution in [3.05, 3.63) is 54.0 Å². The Morgan fingerprint density at radius 1 is 1.20 bits per heavy atom. The predicted molar refractivity (Wildman–Crippen MR) is 81.1 cm³/mol. The first kappa shape index (κ1) is 11.9. The van der Waals surface area contributed by atoms with E-state index in [1.165, 1.54) is 11.1 Å². The monoisotopic (exact) mass is 282 g/mol. The van der Waals surface area contributed by atoms with Crippen LogP contribution < -0.4 is 0 Å². The molecule has 2 aromatic rings. The maximum absolute atomic E-state index is 4.65. The van der Waals surface area contributed by atoms with Crippen LogP contribution in [0.1, 0.15) is 11.1 Å². The second-order valence-corrected chi connectivity index (χ2v) is 6.01. The average Bonchev–Trinajstić information content (AvgIpc) is 2.88. The largest absolute Gasteiger partial charge is 0.343 e. The Labute approximate surface area is 122 Å². The summed E-state index contributed by atoms with van der Waals surface area (Å²) < 4.78 is 0. The molecule has 0 amide bonds. The van der Waals surface area contributed by atoms with E-state index >= 15 is 0 Å². The topological polar surface area (TPSA) is 41.4 Å². The van der Waals surface area contributed by atoms with E-state index < -0.39 is 0 Å². The highest BCUT2D eigenvalue weighted by atomic mass is 32.2. The minimum atomic E-state index is 0.560. The molecule has 0 spiro atoms. The summed E-state index contributed by atoms with van der Waals surface area (Å²) in [6, 6.07) is 9.27. The van der Waals surface area contributed by atoms with Crippen LogP contribution in [0.3, 0.4) is 0 Å². The lowest BCUT2D eigenvalue weighted by Gasteiger charge is -2.32. The van der Waals surface area contributed by atoms with Gasteiger partial charge in [-0.15, -0.1) is 0 Å². The van der Waals surface area contributed by atoms with E-state index in [0.29, 0.717) is 11.9 Å². The van der Waals surface area contributed by atoms with Gasteiger partial charge in [0.05, 0.1) is 6.20 Å². The predicted octanol–water partition coefficient (Wildman–Crippen LogP) is 2.64. The summed E-state index contributed by atoms with van der Waals surface area (Å²) in [7, 11) is 0. The third-order valence-electron chi connectivity index (χ3n) is 3.77. The Hall–Kier alpha value is -1.88. The second-order valence-electron chi connectivity index (χ2n) is 5.02. The summed E-state index contributed by atoms with van der Waals surface area (Å²) in [6.45, 7) is 0.951. The zero-order valence-corrected chi connectivity index (χ0v) is 11.8. The van der Waals surface area contributed by atoms with Crippen LogP contribution in [0, 0.1) is 0 Å². The molecule has 1 fully saturated rings. The van der Waals surface area contributed by atoms with Gasteiger partial charge in [0.25, 0.3) is 0 Å². The fourth-order valence-corrected chi connectivity index (χ4v) is 3.93. The Bertz CT molecular complexity index is 656. The first-order chi connectivity index (χ1) is 9.90. The first-order valence-corrected chi connectivity index (χ1v) is 7.69. The number of thioether (sulfide) groups is 1. The Balaban J connectivity index is 1.65. The van der Waals surface area contributed by atoms with Gasteiger partial charge in [0, 0.05) is 30.7 Å². The van der Waals surface area contributed by atoms with E-state index in [4.69, 9.17) is 0 Å². The van der Waals surface area contributed by atoms with Crippen LogP contribution in [0.5, 0.6) is 0 Å².